The van der Waals surface area contributed by atoms with Crippen molar-refractivity contribution in [2.24, 2.45) is 29.1 Å². The van der Waals surface area contributed by atoms with E-state index in [-0.39, 0.29) is 0 Å². The third-order valence-corrected chi connectivity index (χ3v) is 6.80. The quantitative estimate of drug-likeness (QED) is 0.553. The Morgan fingerprint density at radius 2 is 2.06 bits per heavy atom. The van der Waals surface area contributed by atoms with Gasteiger partial charge in [0, 0.05) is 0 Å². The Labute approximate surface area is 112 Å². The molecule has 5 atom stereocenters. The Balaban J connectivity index is 1.65. The molecule has 0 bridgehead atoms. The molecule has 0 amide bonds. The average Bonchev–Trinajstić information content (AvgIpc) is 2.89. The van der Waals surface area contributed by atoms with Crippen molar-refractivity contribution in [3.05, 3.63) is 23.3 Å². The highest BCUT2D eigenvalue weighted by Gasteiger charge is 2.51. The molecule has 0 nitrogen and oxygen atoms in total. The molecule has 4 aliphatic carbocycles. The summed E-state index contributed by atoms with van der Waals surface area (Å²) in [5.41, 5.74) is 4.05. The molecular formula is C18H26. The molecule has 98 valence electrons. The van der Waals surface area contributed by atoms with Gasteiger partial charge in [0.05, 0.1) is 0 Å². The van der Waals surface area contributed by atoms with Crippen molar-refractivity contribution in [2.45, 2.75) is 58.8 Å². The molecule has 0 aromatic rings. The minimum atomic E-state index is 0.716. The van der Waals surface area contributed by atoms with E-state index in [4.69, 9.17) is 0 Å². The van der Waals surface area contributed by atoms with Crippen LogP contribution in [0.4, 0.5) is 0 Å². The Hall–Kier alpha value is -0.520. The first kappa shape index (κ1) is 11.3. The fourth-order valence-corrected chi connectivity index (χ4v) is 5.94. The summed E-state index contributed by atoms with van der Waals surface area (Å²) in [6.07, 6.45) is 15.4. The molecule has 0 aromatic carbocycles. The van der Waals surface area contributed by atoms with Gasteiger partial charge >= 0.3 is 0 Å². The van der Waals surface area contributed by atoms with Gasteiger partial charge in [0.2, 0.25) is 0 Å². The zero-order chi connectivity index (χ0) is 12.3. The van der Waals surface area contributed by atoms with Gasteiger partial charge in [0.1, 0.15) is 0 Å². The molecule has 0 heteroatoms. The Bertz CT molecular complexity index is 427. The molecular weight excluding hydrogens is 216 g/mol. The maximum atomic E-state index is 2.60. The molecule has 4 aliphatic rings. The minimum absolute atomic E-state index is 0.716. The second-order valence-corrected chi connectivity index (χ2v) is 7.76. The topological polar surface area (TPSA) is 0 Å². The highest BCUT2D eigenvalue weighted by Crippen LogP contribution is 2.61. The van der Waals surface area contributed by atoms with E-state index in [1.165, 1.54) is 44.9 Å². The van der Waals surface area contributed by atoms with Crippen LogP contribution in [-0.2, 0) is 0 Å². The molecule has 18 heavy (non-hydrogen) atoms. The third kappa shape index (κ3) is 1.44. The van der Waals surface area contributed by atoms with E-state index in [1.807, 2.05) is 0 Å². The second-order valence-electron chi connectivity index (χ2n) is 7.76. The highest BCUT2D eigenvalue weighted by molar-refractivity contribution is 5.36. The fourth-order valence-electron chi connectivity index (χ4n) is 5.94. The summed E-state index contributed by atoms with van der Waals surface area (Å²) >= 11 is 0. The van der Waals surface area contributed by atoms with Gasteiger partial charge in [-0.25, -0.2) is 0 Å². The summed E-state index contributed by atoms with van der Waals surface area (Å²) in [6, 6.07) is 0. The molecule has 0 aliphatic heterocycles. The van der Waals surface area contributed by atoms with Crippen LogP contribution in [0.25, 0.3) is 0 Å². The van der Waals surface area contributed by atoms with Crippen molar-refractivity contribution in [2.75, 3.05) is 0 Å². The van der Waals surface area contributed by atoms with Crippen LogP contribution in [0.3, 0.4) is 0 Å². The van der Waals surface area contributed by atoms with Gasteiger partial charge in [-0.1, -0.05) is 31.1 Å². The Morgan fingerprint density at radius 3 is 2.94 bits per heavy atom. The fraction of sp³-hybridized carbons (Fsp3) is 0.778. The van der Waals surface area contributed by atoms with Crippen molar-refractivity contribution in [3.63, 3.8) is 0 Å². The van der Waals surface area contributed by atoms with Gasteiger partial charge in [0.15, 0.2) is 0 Å². The standard InChI is InChI=1S/C18H26/c1-12-10-13-5-6-15-14(16(13)11-12)7-9-18(2)8-3-4-17(15)18/h5,10,14-17H,3-4,6-9,11H2,1-2H3. The first-order valence-electron chi connectivity index (χ1n) is 8.05. The van der Waals surface area contributed by atoms with Crippen molar-refractivity contribution in [1.29, 1.82) is 0 Å². The Kier molecular flexibility index (Phi) is 2.35. The third-order valence-electron chi connectivity index (χ3n) is 6.80. The summed E-state index contributed by atoms with van der Waals surface area (Å²) in [5, 5.41) is 0. The lowest BCUT2D eigenvalue weighted by atomic mass is 9.55. The van der Waals surface area contributed by atoms with E-state index < -0.39 is 0 Å². The van der Waals surface area contributed by atoms with E-state index in [1.54, 1.807) is 11.1 Å². The predicted molar refractivity (Wildman–Crippen MR) is 76.2 cm³/mol. The number of hydrogen-bond donors (Lipinski definition) is 0. The zero-order valence-electron chi connectivity index (χ0n) is 11.9. The van der Waals surface area contributed by atoms with Crippen LogP contribution >= 0.6 is 0 Å². The van der Waals surface area contributed by atoms with Crippen LogP contribution < -0.4 is 0 Å². The molecule has 0 heterocycles. The lowest BCUT2D eigenvalue weighted by Crippen LogP contribution is -2.42. The average molecular weight is 242 g/mol. The predicted octanol–water partition coefficient (Wildman–Crippen LogP) is 5.12. The molecule has 4 rings (SSSR count). The summed E-state index contributed by atoms with van der Waals surface area (Å²) in [5.74, 6) is 4.01. The molecule has 5 unspecified atom stereocenters. The van der Waals surface area contributed by atoms with Crippen LogP contribution in [0, 0.1) is 29.1 Å². The molecule has 2 fully saturated rings. The number of fused-ring (bicyclic) bond motifs is 5. The first-order chi connectivity index (χ1) is 8.67. The summed E-state index contributed by atoms with van der Waals surface area (Å²) < 4.78 is 0. The van der Waals surface area contributed by atoms with Crippen LogP contribution in [0.15, 0.2) is 23.3 Å². The van der Waals surface area contributed by atoms with E-state index >= 15 is 0 Å². The smallest absolute Gasteiger partial charge is 0.00967 e. The molecule has 0 radical (unpaired) electrons. The number of hydrogen-bond acceptors (Lipinski definition) is 0. The van der Waals surface area contributed by atoms with Gasteiger partial charge in [-0.15, -0.1) is 0 Å². The normalized spacial score (nSPS) is 50.1. The Morgan fingerprint density at radius 1 is 1.17 bits per heavy atom. The zero-order valence-corrected chi connectivity index (χ0v) is 11.9. The van der Waals surface area contributed by atoms with Gasteiger partial charge in [-0.2, -0.15) is 0 Å². The van der Waals surface area contributed by atoms with E-state index in [0.29, 0.717) is 5.41 Å². The largest absolute Gasteiger partial charge is 0.0807 e. The number of rotatable bonds is 0. The van der Waals surface area contributed by atoms with Crippen LogP contribution in [0.1, 0.15) is 58.8 Å². The van der Waals surface area contributed by atoms with Crippen molar-refractivity contribution < 1.29 is 0 Å². The van der Waals surface area contributed by atoms with Crippen molar-refractivity contribution in [1.82, 2.24) is 0 Å². The van der Waals surface area contributed by atoms with E-state index in [9.17, 15) is 0 Å². The summed E-state index contributed by atoms with van der Waals surface area (Å²) in [4.78, 5) is 0. The van der Waals surface area contributed by atoms with E-state index in [0.717, 1.165) is 23.7 Å². The van der Waals surface area contributed by atoms with E-state index in [2.05, 4.69) is 26.0 Å². The highest BCUT2D eigenvalue weighted by atomic mass is 14.6. The molecule has 0 saturated heterocycles. The summed E-state index contributed by atoms with van der Waals surface area (Å²) in [6.45, 7) is 4.93. The number of allylic oxidation sites excluding steroid dienone is 4. The van der Waals surface area contributed by atoms with Gasteiger partial charge in [0.25, 0.3) is 0 Å². The van der Waals surface area contributed by atoms with Crippen LogP contribution in [0.5, 0.6) is 0 Å². The summed E-state index contributed by atoms with van der Waals surface area (Å²) in [7, 11) is 0. The maximum Gasteiger partial charge on any atom is -0.00967 e. The molecule has 0 aromatic heterocycles. The minimum Gasteiger partial charge on any atom is -0.0807 e. The molecule has 0 N–H and O–H groups in total. The molecule has 2 saturated carbocycles. The monoisotopic (exact) mass is 242 g/mol. The maximum absolute atomic E-state index is 2.60. The molecule has 0 spiro atoms. The lowest BCUT2D eigenvalue weighted by molar-refractivity contribution is 0.0178. The van der Waals surface area contributed by atoms with Crippen molar-refractivity contribution in [3.8, 4) is 0 Å². The SMILES string of the molecule is CC1=CC2=CCC3C(CCC4(C)CCCC34)C2C1. The lowest BCUT2D eigenvalue weighted by Gasteiger charge is -2.50. The van der Waals surface area contributed by atoms with Crippen LogP contribution in [-0.4, -0.2) is 0 Å². The van der Waals surface area contributed by atoms with Gasteiger partial charge < -0.3 is 0 Å². The second kappa shape index (κ2) is 3.74. The van der Waals surface area contributed by atoms with Crippen LogP contribution in [0.2, 0.25) is 0 Å². The van der Waals surface area contributed by atoms with Crippen molar-refractivity contribution >= 4 is 0 Å². The van der Waals surface area contributed by atoms with Gasteiger partial charge in [-0.05, 0) is 80.1 Å². The van der Waals surface area contributed by atoms with Gasteiger partial charge in [-0.3, -0.25) is 0 Å². The first-order valence-corrected chi connectivity index (χ1v) is 8.05.